The van der Waals surface area contributed by atoms with E-state index in [2.05, 4.69) is 15.7 Å². The van der Waals surface area contributed by atoms with E-state index in [1.165, 1.54) is 7.11 Å². The Kier molecular flexibility index (Phi) is 5.01. The summed E-state index contributed by atoms with van der Waals surface area (Å²) in [5, 5.41) is 10.3. The lowest BCUT2D eigenvalue weighted by atomic mass is 9.92. The number of hydrogen-bond acceptors (Lipinski definition) is 6. The molecule has 1 aromatic carbocycles. The molecule has 1 unspecified atom stereocenters. The van der Waals surface area contributed by atoms with E-state index in [0.29, 0.717) is 29.1 Å². The average Bonchev–Trinajstić information content (AvgIpc) is 2.90. The molecule has 1 aliphatic heterocycles. The van der Waals surface area contributed by atoms with E-state index < -0.39 is 17.6 Å². The van der Waals surface area contributed by atoms with Crippen molar-refractivity contribution in [1.29, 1.82) is 0 Å². The lowest BCUT2D eigenvalue weighted by Gasteiger charge is -2.20. The van der Waals surface area contributed by atoms with Crippen LogP contribution in [0.4, 0.5) is 10.5 Å². The molecule has 0 radical (unpaired) electrons. The molecule has 3 rings (SSSR count). The minimum atomic E-state index is -0.632. The van der Waals surface area contributed by atoms with Crippen LogP contribution < -0.4 is 15.4 Å². The van der Waals surface area contributed by atoms with Gasteiger partial charge in [-0.05, 0) is 39.3 Å². The van der Waals surface area contributed by atoms with Crippen molar-refractivity contribution < 1.29 is 23.9 Å². The average molecular weight is 388 g/mol. The van der Waals surface area contributed by atoms with Gasteiger partial charge in [-0.25, -0.2) is 4.79 Å². The van der Waals surface area contributed by atoms with Gasteiger partial charge in [0.15, 0.2) is 5.75 Å². The summed E-state index contributed by atoms with van der Waals surface area (Å²) in [6.45, 7) is 5.33. The predicted octanol–water partition coefficient (Wildman–Crippen LogP) is 2.45. The number of nitrogens with one attached hydrogen (secondary N) is 2. The van der Waals surface area contributed by atoms with Gasteiger partial charge in [0.05, 0.1) is 24.4 Å². The van der Waals surface area contributed by atoms with Crippen LogP contribution in [-0.4, -0.2) is 40.4 Å². The number of rotatable bonds is 3. The standard InChI is InChI=1S/C19H24N4O5/c1-19(2,3)28-18(26)20-12-8-6-10-14(11-7-9-13(24)21-17(11)25)22-23(4)15(10)16(12)27-5/h6,8,11H,7,9H2,1-5H3,(H,20,26)(H,21,24,25). The number of aryl methyl sites for hydroxylation is 1. The number of carbonyl (C=O) groups excluding carboxylic acids is 3. The molecule has 1 aromatic heterocycles. The van der Waals surface area contributed by atoms with E-state index in [9.17, 15) is 14.4 Å². The van der Waals surface area contributed by atoms with Crippen molar-refractivity contribution in [2.45, 2.75) is 45.1 Å². The number of anilines is 1. The van der Waals surface area contributed by atoms with Gasteiger partial charge in [-0.15, -0.1) is 0 Å². The second-order valence-electron chi connectivity index (χ2n) is 7.68. The predicted molar refractivity (Wildman–Crippen MR) is 102 cm³/mol. The number of piperidine rings is 1. The van der Waals surface area contributed by atoms with Crippen LogP contribution in [0, 0.1) is 0 Å². The van der Waals surface area contributed by atoms with E-state index in [1.807, 2.05) is 0 Å². The van der Waals surface area contributed by atoms with E-state index >= 15 is 0 Å². The van der Waals surface area contributed by atoms with Gasteiger partial charge in [-0.1, -0.05) is 0 Å². The first-order valence-corrected chi connectivity index (χ1v) is 8.98. The molecule has 0 spiro atoms. The van der Waals surface area contributed by atoms with Crippen LogP contribution in [0.25, 0.3) is 10.9 Å². The molecule has 0 saturated carbocycles. The summed E-state index contributed by atoms with van der Waals surface area (Å²) >= 11 is 0. The van der Waals surface area contributed by atoms with Crippen LogP contribution in [-0.2, 0) is 21.4 Å². The molecule has 28 heavy (non-hydrogen) atoms. The maximum atomic E-state index is 12.3. The zero-order valence-electron chi connectivity index (χ0n) is 16.6. The summed E-state index contributed by atoms with van der Waals surface area (Å²) in [7, 11) is 3.23. The maximum absolute atomic E-state index is 12.3. The van der Waals surface area contributed by atoms with Crippen molar-refractivity contribution in [3.63, 3.8) is 0 Å². The SMILES string of the molecule is COc1c(NC(=O)OC(C)(C)C)ccc2c(C3CCC(=O)NC3=O)nn(C)c12. The molecule has 1 atom stereocenters. The molecule has 3 amide bonds. The van der Waals surface area contributed by atoms with Gasteiger partial charge >= 0.3 is 6.09 Å². The summed E-state index contributed by atoms with van der Waals surface area (Å²) in [4.78, 5) is 35.9. The first-order valence-electron chi connectivity index (χ1n) is 8.98. The minimum absolute atomic E-state index is 0.268. The molecule has 1 fully saturated rings. The van der Waals surface area contributed by atoms with Crippen molar-refractivity contribution in [3.05, 3.63) is 17.8 Å². The molecule has 0 aliphatic carbocycles. The van der Waals surface area contributed by atoms with E-state index in [-0.39, 0.29) is 18.2 Å². The van der Waals surface area contributed by atoms with Crippen LogP contribution in [0.5, 0.6) is 5.75 Å². The first-order chi connectivity index (χ1) is 13.1. The Balaban J connectivity index is 2.00. The zero-order valence-corrected chi connectivity index (χ0v) is 16.6. The molecule has 1 saturated heterocycles. The number of nitrogens with zero attached hydrogens (tertiary/aromatic N) is 2. The van der Waals surface area contributed by atoms with Gasteiger partial charge in [0.2, 0.25) is 11.8 Å². The Bertz CT molecular complexity index is 957. The second-order valence-corrected chi connectivity index (χ2v) is 7.68. The van der Waals surface area contributed by atoms with Crippen LogP contribution in [0.1, 0.15) is 45.2 Å². The third-order valence-corrected chi connectivity index (χ3v) is 4.40. The van der Waals surface area contributed by atoms with E-state index in [4.69, 9.17) is 9.47 Å². The largest absolute Gasteiger partial charge is 0.492 e. The molecule has 150 valence electrons. The number of ether oxygens (including phenoxy) is 2. The molecule has 2 heterocycles. The fourth-order valence-electron chi connectivity index (χ4n) is 3.30. The maximum Gasteiger partial charge on any atom is 0.412 e. The van der Waals surface area contributed by atoms with Crippen molar-refractivity contribution in [3.8, 4) is 5.75 Å². The lowest BCUT2D eigenvalue weighted by molar-refractivity contribution is -0.134. The third kappa shape index (κ3) is 3.78. The number of benzene rings is 1. The molecule has 0 bridgehead atoms. The molecule has 9 heteroatoms. The number of carbonyl (C=O) groups is 3. The third-order valence-electron chi connectivity index (χ3n) is 4.40. The zero-order chi connectivity index (χ0) is 20.6. The Labute approximate surface area is 162 Å². The van der Waals surface area contributed by atoms with Crippen LogP contribution in [0.2, 0.25) is 0 Å². The lowest BCUT2D eigenvalue weighted by Crippen LogP contribution is -2.39. The first kappa shape index (κ1) is 19.7. The highest BCUT2D eigenvalue weighted by Gasteiger charge is 2.32. The quantitative estimate of drug-likeness (QED) is 0.781. The number of amides is 3. The molecule has 1 aliphatic rings. The smallest absolute Gasteiger partial charge is 0.412 e. The molecule has 2 N–H and O–H groups in total. The molecule has 9 nitrogen and oxygen atoms in total. The van der Waals surface area contributed by atoms with Crippen molar-refractivity contribution >= 4 is 34.5 Å². The highest BCUT2D eigenvalue weighted by Crippen LogP contribution is 2.38. The van der Waals surface area contributed by atoms with Crippen molar-refractivity contribution in [2.24, 2.45) is 7.05 Å². The summed E-state index contributed by atoms with van der Waals surface area (Å²) in [5.74, 6) is -0.734. The highest BCUT2D eigenvalue weighted by molar-refractivity contribution is 6.04. The highest BCUT2D eigenvalue weighted by atomic mass is 16.6. The van der Waals surface area contributed by atoms with Gasteiger partial charge < -0.3 is 9.47 Å². The van der Waals surface area contributed by atoms with Crippen LogP contribution >= 0.6 is 0 Å². The summed E-state index contributed by atoms with van der Waals surface area (Å²) in [5.41, 5.74) is 1.01. The Morgan fingerprint density at radius 1 is 1.32 bits per heavy atom. The Hall–Kier alpha value is -3.10. The van der Waals surface area contributed by atoms with Gasteiger partial charge in [-0.3, -0.25) is 24.9 Å². The number of fused-ring (bicyclic) bond motifs is 1. The van der Waals surface area contributed by atoms with Crippen molar-refractivity contribution in [1.82, 2.24) is 15.1 Å². The topological polar surface area (TPSA) is 112 Å². The summed E-state index contributed by atoms with van der Waals surface area (Å²) < 4.78 is 12.4. The number of hydrogen-bond donors (Lipinski definition) is 2. The fourth-order valence-corrected chi connectivity index (χ4v) is 3.30. The molecule has 2 aromatic rings. The Morgan fingerprint density at radius 3 is 2.64 bits per heavy atom. The molecular weight excluding hydrogens is 364 g/mol. The van der Waals surface area contributed by atoms with E-state index in [0.717, 1.165) is 5.39 Å². The number of imide groups is 1. The van der Waals surface area contributed by atoms with Gasteiger partial charge in [0, 0.05) is 18.9 Å². The van der Waals surface area contributed by atoms with Gasteiger partial charge in [0.1, 0.15) is 11.1 Å². The second kappa shape index (κ2) is 7.14. The van der Waals surface area contributed by atoms with Gasteiger partial charge in [-0.2, -0.15) is 5.10 Å². The van der Waals surface area contributed by atoms with Gasteiger partial charge in [0.25, 0.3) is 0 Å². The van der Waals surface area contributed by atoms with Crippen LogP contribution in [0.15, 0.2) is 12.1 Å². The monoisotopic (exact) mass is 388 g/mol. The Morgan fingerprint density at radius 2 is 2.04 bits per heavy atom. The fraction of sp³-hybridized carbons (Fsp3) is 0.474. The van der Waals surface area contributed by atoms with Crippen molar-refractivity contribution in [2.75, 3.05) is 12.4 Å². The minimum Gasteiger partial charge on any atom is -0.492 e. The summed E-state index contributed by atoms with van der Waals surface area (Å²) in [6.07, 6.45) is 0.0682. The normalized spacial score (nSPS) is 17.4. The molecular formula is C19H24N4O5. The summed E-state index contributed by atoms with van der Waals surface area (Å²) in [6, 6.07) is 3.46. The number of aromatic nitrogens is 2. The van der Waals surface area contributed by atoms with E-state index in [1.54, 1.807) is 44.6 Å². The van der Waals surface area contributed by atoms with Crippen LogP contribution in [0.3, 0.4) is 0 Å². The number of methoxy groups -OCH3 is 1.